The molecule has 0 saturated carbocycles. The van der Waals surface area contributed by atoms with E-state index < -0.39 is 0 Å². The number of rotatable bonds is 4. The first-order valence-electron chi connectivity index (χ1n) is 5.04. The van der Waals surface area contributed by atoms with Crippen LogP contribution in [-0.2, 0) is 0 Å². The van der Waals surface area contributed by atoms with Crippen molar-refractivity contribution in [1.29, 1.82) is 0 Å². The molecule has 0 heterocycles. The van der Waals surface area contributed by atoms with Gasteiger partial charge in [0.1, 0.15) is 0 Å². The van der Waals surface area contributed by atoms with Gasteiger partial charge in [-0.3, -0.25) is 0 Å². The van der Waals surface area contributed by atoms with Crippen molar-refractivity contribution in [1.82, 2.24) is 0 Å². The van der Waals surface area contributed by atoms with Crippen molar-refractivity contribution in [2.75, 3.05) is 0 Å². The van der Waals surface area contributed by atoms with Gasteiger partial charge < -0.3 is 0 Å². The summed E-state index contributed by atoms with van der Waals surface area (Å²) in [5, 5.41) is 0. The second kappa shape index (κ2) is 5.85. The minimum absolute atomic E-state index is 0.519. The van der Waals surface area contributed by atoms with Crippen LogP contribution in [0.4, 0.5) is 0 Å². The average molecular weight is 196 g/mol. The van der Waals surface area contributed by atoms with Crippen LogP contribution in [0.2, 0.25) is 0 Å². The van der Waals surface area contributed by atoms with Gasteiger partial charge in [-0.15, -0.1) is 5.73 Å². The third-order valence-electron chi connectivity index (χ3n) is 2.11. The highest BCUT2D eigenvalue weighted by Crippen LogP contribution is 2.22. The summed E-state index contributed by atoms with van der Waals surface area (Å²) in [6.07, 6.45) is 15.8. The van der Waals surface area contributed by atoms with Crippen molar-refractivity contribution >= 4 is 0 Å². The molecule has 0 radical (unpaired) electrons. The number of allylic oxidation sites excluding steroid dienone is 9. The lowest BCUT2D eigenvalue weighted by molar-refractivity contribution is 0.956. The van der Waals surface area contributed by atoms with Gasteiger partial charge in [-0.2, -0.15) is 0 Å². The summed E-state index contributed by atoms with van der Waals surface area (Å²) in [6, 6.07) is 0. The maximum Gasteiger partial charge on any atom is -0.00693 e. The van der Waals surface area contributed by atoms with Crippen molar-refractivity contribution in [2.45, 2.75) is 6.92 Å². The fraction of sp³-hybridized carbons (Fsp3) is 0.133. The molecule has 0 aromatic heterocycles. The Morgan fingerprint density at radius 3 is 2.73 bits per heavy atom. The van der Waals surface area contributed by atoms with Crippen LogP contribution in [0.5, 0.6) is 0 Å². The van der Waals surface area contributed by atoms with E-state index in [1.165, 1.54) is 5.57 Å². The Balaban J connectivity index is 2.95. The van der Waals surface area contributed by atoms with E-state index in [2.05, 4.69) is 44.0 Å². The first-order chi connectivity index (χ1) is 7.27. The van der Waals surface area contributed by atoms with E-state index in [9.17, 15) is 0 Å². The second-order valence-electron chi connectivity index (χ2n) is 3.41. The molecule has 1 unspecified atom stereocenters. The number of hydrogen-bond donors (Lipinski definition) is 0. The monoisotopic (exact) mass is 196 g/mol. The molecule has 1 atom stereocenters. The quantitative estimate of drug-likeness (QED) is 0.468. The van der Waals surface area contributed by atoms with E-state index in [0.717, 1.165) is 5.57 Å². The Bertz CT molecular complexity index is 394. The van der Waals surface area contributed by atoms with Crippen LogP contribution < -0.4 is 0 Å². The fourth-order valence-electron chi connectivity index (χ4n) is 1.40. The molecule has 0 nitrogen and oxygen atoms in total. The smallest absolute Gasteiger partial charge is 0.00693 e. The lowest BCUT2D eigenvalue weighted by Crippen LogP contribution is -1.81. The van der Waals surface area contributed by atoms with Crippen molar-refractivity contribution in [2.24, 2.45) is 5.92 Å². The standard InChI is InChI=1S/C15H16/c1-4-6-7-9-14(8-5-2)15-11-10-13(3)12-15/h4-6,8-13H,1-2H2,3H3. The van der Waals surface area contributed by atoms with E-state index >= 15 is 0 Å². The molecule has 0 fully saturated rings. The zero-order valence-corrected chi connectivity index (χ0v) is 9.11. The lowest BCUT2D eigenvalue weighted by Gasteiger charge is -1.98. The zero-order valence-electron chi connectivity index (χ0n) is 9.11. The molecule has 0 aromatic rings. The summed E-state index contributed by atoms with van der Waals surface area (Å²) >= 11 is 0. The van der Waals surface area contributed by atoms with Gasteiger partial charge in [0.25, 0.3) is 0 Å². The first kappa shape index (κ1) is 11.3. The molecule has 15 heavy (non-hydrogen) atoms. The van der Waals surface area contributed by atoms with Gasteiger partial charge in [0.2, 0.25) is 0 Å². The van der Waals surface area contributed by atoms with Gasteiger partial charge in [0.15, 0.2) is 0 Å². The highest BCUT2D eigenvalue weighted by molar-refractivity contribution is 5.50. The zero-order chi connectivity index (χ0) is 11.1. The van der Waals surface area contributed by atoms with E-state index in [0.29, 0.717) is 5.92 Å². The molecule has 0 aliphatic heterocycles. The van der Waals surface area contributed by atoms with Gasteiger partial charge in [0, 0.05) is 0 Å². The summed E-state index contributed by atoms with van der Waals surface area (Å²) in [5.74, 6) is 0.519. The second-order valence-corrected chi connectivity index (χ2v) is 3.41. The number of hydrogen-bond acceptors (Lipinski definition) is 0. The topological polar surface area (TPSA) is 0 Å². The molecule has 1 aliphatic rings. The Hall–Kier alpha value is -1.78. The molecule has 76 valence electrons. The van der Waals surface area contributed by atoms with Gasteiger partial charge >= 0.3 is 0 Å². The third-order valence-corrected chi connectivity index (χ3v) is 2.11. The van der Waals surface area contributed by atoms with Crippen LogP contribution in [0, 0.1) is 5.92 Å². The van der Waals surface area contributed by atoms with Crippen LogP contribution in [0.15, 0.2) is 78.6 Å². The summed E-state index contributed by atoms with van der Waals surface area (Å²) in [7, 11) is 0. The molecule has 0 N–H and O–H groups in total. The minimum Gasteiger partial charge on any atom is -0.120 e. The predicted octanol–water partition coefficient (Wildman–Crippen LogP) is 4.13. The van der Waals surface area contributed by atoms with Crippen LogP contribution in [0.3, 0.4) is 0 Å². The minimum atomic E-state index is 0.519. The van der Waals surface area contributed by atoms with E-state index in [1.807, 2.05) is 12.2 Å². The molecular formula is C15H16. The van der Waals surface area contributed by atoms with E-state index in [1.54, 1.807) is 18.2 Å². The Labute approximate surface area is 92.0 Å². The molecule has 1 aliphatic carbocycles. The van der Waals surface area contributed by atoms with Crippen molar-refractivity contribution in [3.05, 3.63) is 78.6 Å². The van der Waals surface area contributed by atoms with Gasteiger partial charge in [0.05, 0.1) is 0 Å². The van der Waals surface area contributed by atoms with Crippen LogP contribution in [-0.4, -0.2) is 0 Å². The maximum atomic E-state index is 3.71. The molecule has 0 bridgehead atoms. The molecule has 0 amide bonds. The maximum absolute atomic E-state index is 3.71. The van der Waals surface area contributed by atoms with E-state index in [-0.39, 0.29) is 0 Å². The molecule has 0 spiro atoms. The summed E-state index contributed by atoms with van der Waals surface area (Å²) in [6.45, 7) is 9.49. The highest BCUT2D eigenvalue weighted by atomic mass is 14.1. The van der Waals surface area contributed by atoms with E-state index in [4.69, 9.17) is 0 Å². The summed E-state index contributed by atoms with van der Waals surface area (Å²) in [5.41, 5.74) is 5.41. The fourth-order valence-corrected chi connectivity index (χ4v) is 1.40. The highest BCUT2D eigenvalue weighted by Gasteiger charge is 2.05. The van der Waals surface area contributed by atoms with Crippen LogP contribution in [0.25, 0.3) is 0 Å². The molecule has 1 rings (SSSR count). The average Bonchev–Trinajstić information content (AvgIpc) is 2.64. The van der Waals surface area contributed by atoms with Crippen molar-refractivity contribution in [3.8, 4) is 0 Å². The Kier molecular flexibility index (Phi) is 4.40. The molecule has 0 heteroatoms. The molecule has 0 aromatic carbocycles. The normalized spacial score (nSPS) is 19.1. The first-order valence-corrected chi connectivity index (χ1v) is 5.04. The SMILES string of the molecule is C=CC=C=CC(=CC=C)C1=CC(C)C=C1. The van der Waals surface area contributed by atoms with Crippen LogP contribution >= 0.6 is 0 Å². The lowest BCUT2D eigenvalue weighted by atomic mass is 10.1. The van der Waals surface area contributed by atoms with Gasteiger partial charge in [-0.05, 0) is 29.2 Å². The summed E-state index contributed by atoms with van der Waals surface area (Å²) < 4.78 is 0. The largest absolute Gasteiger partial charge is 0.120 e. The molecular weight excluding hydrogens is 180 g/mol. The predicted molar refractivity (Wildman–Crippen MR) is 67.5 cm³/mol. The summed E-state index contributed by atoms with van der Waals surface area (Å²) in [4.78, 5) is 0. The Morgan fingerprint density at radius 1 is 1.40 bits per heavy atom. The third kappa shape index (κ3) is 3.46. The Morgan fingerprint density at radius 2 is 2.20 bits per heavy atom. The molecule has 0 saturated heterocycles. The van der Waals surface area contributed by atoms with Gasteiger partial charge in [-0.25, -0.2) is 0 Å². The van der Waals surface area contributed by atoms with Gasteiger partial charge in [-0.1, -0.05) is 56.5 Å². The van der Waals surface area contributed by atoms with Crippen LogP contribution in [0.1, 0.15) is 6.92 Å². The van der Waals surface area contributed by atoms with Crippen molar-refractivity contribution in [3.63, 3.8) is 0 Å². The van der Waals surface area contributed by atoms with Crippen molar-refractivity contribution < 1.29 is 0 Å².